The Morgan fingerprint density at radius 2 is 2.35 bits per heavy atom. The Morgan fingerprint density at radius 3 is 3.06 bits per heavy atom. The van der Waals surface area contributed by atoms with E-state index in [4.69, 9.17) is 5.73 Å². The minimum atomic E-state index is 0.180. The highest BCUT2D eigenvalue weighted by Crippen LogP contribution is 2.23. The van der Waals surface area contributed by atoms with Crippen molar-refractivity contribution in [3.63, 3.8) is 0 Å². The standard InChI is InChI=1S/C12H13BrN2S2/c13-9-2-1-3-11(4-9)16-7-10(14)5-12-6-15-8-17-12/h1-4,6,8,10H,5,7,14H2. The van der Waals surface area contributed by atoms with Crippen LogP contribution in [0, 0.1) is 0 Å². The van der Waals surface area contributed by atoms with Crippen molar-refractivity contribution in [1.82, 2.24) is 4.98 Å². The molecule has 2 nitrogen and oxygen atoms in total. The third-order valence-corrected chi connectivity index (χ3v) is 4.68. The summed E-state index contributed by atoms with van der Waals surface area (Å²) in [6, 6.07) is 8.47. The van der Waals surface area contributed by atoms with Crippen LogP contribution in [0.3, 0.4) is 0 Å². The zero-order valence-electron chi connectivity index (χ0n) is 9.17. The molecule has 90 valence electrons. The molecular weight excluding hydrogens is 316 g/mol. The molecule has 0 aliphatic rings. The predicted molar refractivity (Wildman–Crippen MR) is 78.7 cm³/mol. The van der Waals surface area contributed by atoms with Gasteiger partial charge in [0.05, 0.1) is 5.51 Å². The first-order valence-corrected chi connectivity index (χ1v) is 7.91. The Bertz CT molecular complexity index is 459. The molecule has 1 heterocycles. The van der Waals surface area contributed by atoms with E-state index in [0.717, 1.165) is 16.6 Å². The number of aromatic nitrogens is 1. The molecule has 2 N–H and O–H groups in total. The molecule has 0 saturated carbocycles. The summed E-state index contributed by atoms with van der Waals surface area (Å²) in [5, 5.41) is 0. The summed E-state index contributed by atoms with van der Waals surface area (Å²) >= 11 is 6.93. The summed E-state index contributed by atoms with van der Waals surface area (Å²) in [5.41, 5.74) is 7.95. The molecule has 0 aliphatic carbocycles. The van der Waals surface area contributed by atoms with Crippen LogP contribution in [0.5, 0.6) is 0 Å². The smallest absolute Gasteiger partial charge is 0.0794 e. The van der Waals surface area contributed by atoms with Gasteiger partial charge in [0.25, 0.3) is 0 Å². The Labute approximate surface area is 118 Å². The fraction of sp³-hybridized carbons (Fsp3) is 0.250. The van der Waals surface area contributed by atoms with E-state index in [1.54, 1.807) is 23.1 Å². The number of hydrogen-bond donors (Lipinski definition) is 1. The number of halogens is 1. The zero-order chi connectivity index (χ0) is 12.1. The van der Waals surface area contributed by atoms with Gasteiger partial charge in [-0.3, -0.25) is 4.98 Å². The maximum Gasteiger partial charge on any atom is 0.0794 e. The second-order valence-corrected chi connectivity index (χ2v) is 6.68. The lowest BCUT2D eigenvalue weighted by Gasteiger charge is -2.09. The number of nitrogens with zero attached hydrogens (tertiary/aromatic N) is 1. The Kier molecular flexibility index (Phi) is 5.03. The van der Waals surface area contributed by atoms with Gasteiger partial charge in [-0.25, -0.2) is 0 Å². The van der Waals surface area contributed by atoms with Crippen molar-refractivity contribution in [1.29, 1.82) is 0 Å². The number of hydrogen-bond acceptors (Lipinski definition) is 4. The van der Waals surface area contributed by atoms with Gasteiger partial charge < -0.3 is 5.73 Å². The lowest BCUT2D eigenvalue weighted by atomic mass is 10.2. The van der Waals surface area contributed by atoms with Gasteiger partial charge >= 0.3 is 0 Å². The van der Waals surface area contributed by atoms with E-state index < -0.39 is 0 Å². The topological polar surface area (TPSA) is 38.9 Å². The molecule has 2 rings (SSSR count). The molecule has 0 radical (unpaired) electrons. The van der Waals surface area contributed by atoms with Crippen LogP contribution in [-0.2, 0) is 6.42 Å². The van der Waals surface area contributed by atoms with E-state index in [0.29, 0.717) is 0 Å². The lowest BCUT2D eigenvalue weighted by Crippen LogP contribution is -2.25. The molecule has 1 aromatic heterocycles. The number of thiazole rings is 1. The summed E-state index contributed by atoms with van der Waals surface area (Å²) in [4.78, 5) is 6.56. The Balaban J connectivity index is 1.82. The summed E-state index contributed by atoms with van der Waals surface area (Å²) in [7, 11) is 0. The van der Waals surface area contributed by atoms with Crippen LogP contribution in [0.15, 0.2) is 45.3 Å². The van der Waals surface area contributed by atoms with Crippen molar-refractivity contribution in [3.8, 4) is 0 Å². The third-order valence-electron chi connectivity index (χ3n) is 2.21. The molecule has 1 unspecified atom stereocenters. The summed E-state index contributed by atoms with van der Waals surface area (Å²) < 4.78 is 1.11. The van der Waals surface area contributed by atoms with Crippen molar-refractivity contribution >= 4 is 39.0 Å². The Hall–Kier alpha value is -0.360. The van der Waals surface area contributed by atoms with Crippen molar-refractivity contribution in [3.05, 3.63) is 45.3 Å². The van der Waals surface area contributed by atoms with Crippen LogP contribution in [-0.4, -0.2) is 16.8 Å². The second-order valence-electron chi connectivity index (χ2n) is 3.70. The fourth-order valence-electron chi connectivity index (χ4n) is 1.42. The monoisotopic (exact) mass is 328 g/mol. The van der Waals surface area contributed by atoms with Crippen LogP contribution in [0.1, 0.15) is 4.88 Å². The van der Waals surface area contributed by atoms with Crippen molar-refractivity contribution in [2.75, 3.05) is 5.75 Å². The maximum absolute atomic E-state index is 6.10. The van der Waals surface area contributed by atoms with E-state index in [2.05, 4.69) is 33.0 Å². The minimum absolute atomic E-state index is 0.180. The second kappa shape index (κ2) is 6.54. The quantitative estimate of drug-likeness (QED) is 0.853. The predicted octanol–water partition coefficient (Wildman–Crippen LogP) is 3.57. The van der Waals surface area contributed by atoms with E-state index >= 15 is 0 Å². The van der Waals surface area contributed by atoms with Crippen LogP contribution in [0.4, 0.5) is 0 Å². The number of nitrogens with two attached hydrogens (primary N) is 1. The van der Waals surface area contributed by atoms with Gasteiger partial charge in [0.1, 0.15) is 0 Å². The molecule has 0 bridgehead atoms. The van der Waals surface area contributed by atoms with Gasteiger partial charge in [0.15, 0.2) is 0 Å². The van der Waals surface area contributed by atoms with Crippen LogP contribution in [0.25, 0.3) is 0 Å². The highest BCUT2D eigenvalue weighted by molar-refractivity contribution is 9.10. The highest BCUT2D eigenvalue weighted by Gasteiger charge is 2.06. The number of thioether (sulfide) groups is 1. The third kappa shape index (κ3) is 4.43. The summed E-state index contributed by atoms with van der Waals surface area (Å²) in [6.07, 6.45) is 2.81. The fourth-order valence-corrected chi connectivity index (χ4v) is 3.57. The van der Waals surface area contributed by atoms with Crippen LogP contribution in [0.2, 0.25) is 0 Å². The first-order valence-electron chi connectivity index (χ1n) is 5.25. The molecule has 17 heavy (non-hydrogen) atoms. The summed E-state index contributed by atoms with van der Waals surface area (Å²) in [6.45, 7) is 0. The number of rotatable bonds is 5. The molecule has 0 fully saturated rings. The molecule has 0 saturated heterocycles. The first-order chi connectivity index (χ1) is 8.24. The minimum Gasteiger partial charge on any atom is -0.327 e. The SMILES string of the molecule is NC(CSc1cccc(Br)c1)Cc1cncs1. The number of benzene rings is 1. The molecule has 1 atom stereocenters. The lowest BCUT2D eigenvalue weighted by molar-refractivity contribution is 0.756. The van der Waals surface area contributed by atoms with Gasteiger partial charge in [-0.05, 0) is 24.6 Å². The molecule has 2 aromatic rings. The largest absolute Gasteiger partial charge is 0.327 e. The van der Waals surface area contributed by atoms with Crippen molar-refractivity contribution in [2.45, 2.75) is 17.4 Å². The van der Waals surface area contributed by atoms with Crippen molar-refractivity contribution < 1.29 is 0 Å². The van der Waals surface area contributed by atoms with Gasteiger partial charge in [0, 0.05) is 32.2 Å². The normalized spacial score (nSPS) is 12.6. The molecular formula is C12H13BrN2S2. The van der Waals surface area contributed by atoms with E-state index in [1.165, 1.54) is 9.77 Å². The van der Waals surface area contributed by atoms with Gasteiger partial charge in [-0.1, -0.05) is 22.0 Å². The van der Waals surface area contributed by atoms with Gasteiger partial charge in [-0.15, -0.1) is 23.1 Å². The van der Waals surface area contributed by atoms with Gasteiger partial charge in [0.2, 0.25) is 0 Å². The highest BCUT2D eigenvalue weighted by atomic mass is 79.9. The van der Waals surface area contributed by atoms with E-state index in [1.807, 2.05) is 23.8 Å². The maximum atomic E-state index is 6.10. The zero-order valence-corrected chi connectivity index (χ0v) is 12.4. The molecule has 1 aromatic carbocycles. The van der Waals surface area contributed by atoms with E-state index in [9.17, 15) is 0 Å². The van der Waals surface area contributed by atoms with Crippen molar-refractivity contribution in [2.24, 2.45) is 5.73 Å². The molecule has 5 heteroatoms. The first kappa shape index (κ1) is 13.1. The average Bonchev–Trinajstić information content (AvgIpc) is 2.79. The average molecular weight is 329 g/mol. The molecule has 0 amide bonds. The molecule has 0 aliphatic heterocycles. The summed E-state index contributed by atoms with van der Waals surface area (Å²) in [5.74, 6) is 0.925. The Morgan fingerprint density at radius 1 is 1.47 bits per heavy atom. The van der Waals surface area contributed by atoms with Gasteiger partial charge in [-0.2, -0.15) is 0 Å². The van der Waals surface area contributed by atoms with Crippen LogP contribution < -0.4 is 5.73 Å². The molecule has 0 spiro atoms. The van der Waals surface area contributed by atoms with Crippen LogP contribution >= 0.6 is 39.0 Å². The van der Waals surface area contributed by atoms with E-state index in [-0.39, 0.29) is 6.04 Å².